The molecular formula is C31H37N5O8. The van der Waals surface area contributed by atoms with Crippen molar-refractivity contribution in [3.63, 3.8) is 0 Å². The van der Waals surface area contributed by atoms with Gasteiger partial charge in [-0.15, -0.1) is 0 Å². The van der Waals surface area contributed by atoms with Crippen LogP contribution in [0.3, 0.4) is 0 Å². The second kappa shape index (κ2) is 14.1. The topological polar surface area (TPSA) is 153 Å². The van der Waals surface area contributed by atoms with Gasteiger partial charge in [0, 0.05) is 18.7 Å². The molecule has 2 heterocycles. The predicted molar refractivity (Wildman–Crippen MR) is 161 cm³/mol. The number of nitrogens with one attached hydrogen (secondary N) is 1. The number of allylic oxidation sites excluding steroid dienone is 1. The van der Waals surface area contributed by atoms with Crippen LogP contribution in [0, 0.1) is 10.1 Å². The monoisotopic (exact) mass is 607 g/mol. The number of amides is 2. The average Bonchev–Trinajstić information content (AvgIpc) is 3.06. The van der Waals surface area contributed by atoms with Gasteiger partial charge in [-0.25, -0.2) is 19.5 Å². The molecule has 2 aromatic carbocycles. The Morgan fingerprint density at radius 3 is 2.25 bits per heavy atom. The van der Waals surface area contributed by atoms with Crippen LogP contribution in [0.5, 0.6) is 0 Å². The first kappa shape index (κ1) is 32.1. The van der Waals surface area contributed by atoms with Gasteiger partial charge in [-0.3, -0.25) is 14.9 Å². The summed E-state index contributed by atoms with van der Waals surface area (Å²) in [5.74, 6) is -0.919. The highest BCUT2D eigenvalue weighted by Crippen LogP contribution is 2.38. The number of methoxy groups -OCH3 is 3. The van der Waals surface area contributed by atoms with E-state index >= 15 is 0 Å². The molecule has 1 N–H and O–H groups in total. The SMILES string of the molecule is COC(=O)C1=C(C)N=C(OC)N(C(=O)NCCCN2CCC(C(=O)OC)(c3ccccc3)CC2)C1c1ccc([N+](=O)[O-])cc1. The minimum atomic E-state index is -0.998. The summed E-state index contributed by atoms with van der Waals surface area (Å²) in [6.45, 7) is 3.99. The summed E-state index contributed by atoms with van der Waals surface area (Å²) in [6.07, 6.45) is 1.86. The number of amidine groups is 1. The first-order valence-electron chi connectivity index (χ1n) is 14.3. The summed E-state index contributed by atoms with van der Waals surface area (Å²) < 4.78 is 15.6. The number of urea groups is 1. The number of aliphatic imine (C=N–C) groups is 1. The van der Waals surface area contributed by atoms with Crippen molar-refractivity contribution in [3.8, 4) is 0 Å². The maximum absolute atomic E-state index is 13.6. The third-order valence-electron chi connectivity index (χ3n) is 8.16. The van der Waals surface area contributed by atoms with E-state index in [2.05, 4.69) is 15.2 Å². The Labute approximate surface area is 255 Å². The van der Waals surface area contributed by atoms with E-state index in [4.69, 9.17) is 14.2 Å². The molecule has 1 atom stereocenters. The van der Waals surface area contributed by atoms with Gasteiger partial charge in [0.05, 0.1) is 42.9 Å². The van der Waals surface area contributed by atoms with E-state index in [1.54, 1.807) is 6.92 Å². The van der Waals surface area contributed by atoms with E-state index in [9.17, 15) is 24.5 Å². The lowest BCUT2D eigenvalue weighted by Gasteiger charge is -2.40. The Morgan fingerprint density at radius 1 is 1.02 bits per heavy atom. The minimum absolute atomic E-state index is 0.0351. The molecule has 13 heteroatoms. The van der Waals surface area contributed by atoms with Crippen molar-refractivity contribution in [2.75, 3.05) is 47.5 Å². The molecule has 2 amide bonds. The summed E-state index contributed by atoms with van der Waals surface area (Å²) >= 11 is 0. The lowest BCUT2D eigenvalue weighted by Crippen LogP contribution is -2.50. The van der Waals surface area contributed by atoms with Crippen LogP contribution in [-0.2, 0) is 29.2 Å². The molecule has 4 rings (SSSR count). The fourth-order valence-corrected chi connectivity index (χ4v) is 5.81. The van der Waals surface area contributed by atoms with Crippen molar-refractivity contribution in [2.45, 2.75) is 37.6 Å². The standard InChI is InChI=1S/C31H37N5O8/c1-21-25(27(37)42-2)26(22-11-13-24(14-12-22)36(40)41)35(30(33-21)44-4)29(39)32-17-8-18-34-19-15-31(16-20-34,28(38)43-3)23-9-6-5-7-10-23/h5-7,9-14,26H,8,15-20H2,1-4H3,(H,32,39). The minimum Gasteiger partial charge on any atom is -0.468 e. The maximum Gasteiger partial charge on any atom is 0.338 e. The molecule has 0 saturated carbocycles. The lowest BCUT2D eigenvalue weighted by molar-refractivity contribution is -0.384. The maximum atomic E-state index is 13.6. The summed E-state index contributed by atoms with van der Waals surface area (Å²) in [6, 6.07) is 13.7. The summed E-state index contributed by atoms with van der Waals surface area (Å²) in [4.78, 5) is 57.7. The highest BCUT2D eigenvalue weighted by Gasteiger charge is 2.44. The summed E-state index contributed by atoms with van der Waals surface area (Å²) in [7, 11) is 4.01. The highest BCUT2D eigenvalue weighted by atomic mass is 16.6. The van der Waals surface area contributed by atoms with Crippen molar-refractivity contribution in [3.05, 3.63) is 87.1 Å². The first-order chi connectivity index (χ1) is 21.2. The van der Waals surface area contributed by atoms with Gasteiger partial charge in [0.2, 0.25) is 0 Å². The van der Waals surface area contributed by atoms with Crippen LogP contribution >= 0.6 is 0 Å². The Balaban J connectivity index is 1.43. The van der Waals surface area contributed by atoms with Crippen molar-refractivity contribution in [1.29, 1.82) is 0 Å². The van der Waals surface area contributed by atoms with E-state index in [0.717, 1.165) is 5.56 Å². The van der Waals surface area contributed by atoms with Crippen molar-refractivity contribution >= 4 is 29.7 Å². The molecule has 0 spiro atoms. The third kappa shape index (κ3) is 6.57. The number of nitro benzene ring substituents is 1. The van der Waals surface area contributed by atoms with E-state index in [1.165, 1.54) is 50.5 Å². The number of non-ortho nitro benzene ring substituents is 1. The summed E-state index contributed by atoms with van der Waals surface area (Å²) in [5, 5.41) is 14.1. The molecule has 0 aliphatic carbocycles. The van der Waals surface area contributed by atoms with Crippen LogP contribution < -0.4 is 5.32 Å². The van der Waals surface area contributed by atoms with E-state index < -0.39 is 28.4 Å². The van der Waals surface area contributed by atoms with Gasteiger partial charge >= 0.3 is 24.0 Å². The molecule has 0 bridgehead atoms. The fourth-order valence-electron chi connectivity index (χ4n) is 5.81. The Hall–Kier alpha value is -4.78. The predicted octanol–water partition coefficient (Wildman–Crippen LogP) is 3.71. The van der Waals surface area contributed by atoms with Crippen molar-refractivity contribution in [1.82, 2.24) is 15.1 Å². The number of likely N-dealkylation sites (tertiary alicyclic amines) is 1. The van der Waals surface area contributed by atoms with Crippen molar-refractivity contribution < 1.29 is 33.5 Å². The van der Waals surface area contributed by atoms with Gasteiger partial charge in [-0.05, 0) is 69.1 Å². The number of nitro groups is 1. The van der Waals surface area contributed by atoms with Gasteiger partial charge in [0.25, 0.3) is 5.69 Å². The number of ether oxygens (including phenoxy) is 3. The van der Waals surface area contributed by atoms with Crippen LogP contribution in [0.4, 0.5) is 10.5 Å². The van der Waals surface area contributed by atoms with E-state index in [-0.39, 0.29) is 23.3 Å². The first-order valence-corrected chi connectivity index (χ1v) is 14.3. The van der Waals surface area contributed by atoms with Crippen LogP contribution in [0.15, 0.2) is 70.9 Å². The summed E-state index contributed by atoms with van der Waals surface area (Å²) in [5.41, 5.74) is 0.986. The lowest BCUT2D eigenvalue weighted by atomic mass is 9.72. The largest absolute Gasteiger partial charge is 0.468 e. The van der Waals surface area contributed by atoms with Gasteiger partial charge in [-0.2, -0.15) is 0 Å². The van der Waals surface area contributed by atoms with E-state index in [0.29, 0.717) is 56.7 Å². The number of nitrogens with zero attached hydrogens (tertiary/aromatic N) is 4. The fraction of sp³-hybridized carbons (Fsp3) is 0.419. The molecule has 0 radical (unpaired) electrons. The van der Waals surface area contributed by atoms with Gasteiger partial charge in [0.15, 0.2) is 0 Å². The molecule has 2 aromatic rings. The van der Waals surface area contributed by atoms with Crippen LogP contribution in [-0.4, -0.2) is 86.2 Å². The number of rotatable bonds is 9. The van der Waals surface area contributed by atoms with Crippen molar-refractivity contribution in [2.24, 2.45) is 4.99 Å². The number of carbonyl (C=O) groups excluding carboxylic acids is 3. The van der Waals surface area contributed by atoms with Crippen LogP contribution in [0.1, 0.15) is 43.4 Å². The Kier molecular flexibility index (Phi) is 10.3. The molecular weight excluding hydrogens is 570 g/mol. The zero-order valence-corrected chi connectivity index (χ0v) is 25.3. The average molecular weight is 608 g/mol. The van der Waals surface area contributed by atoms with E-state index in [1.807, 2.05) is 30.3 Å². The number of carbonyl (C=O) groups is 3. The molecule has 2 aliphatic rings. The molecule has 234 valence electrons. The number of benzene rings is 2. The zero-order valence-electron chi connectivity index (χ0n) is 25.3. The second-order valence-corrected chi connectivity index (χ2v) is 10.6. The smallest absolute Gasteiger partial charge is 0.338 e. The highest BCUT2D eigenvalue weighted by molar-refractivity contribution is 6.00. The Morgan fingerprint density at radius 2 is 1.68 bits per heavy atom. The molecule has 1 fully saturated rings. The molecule has 2 aliphatic heterocycles. The quantitative estimate of drug-likeness (QED) is 0.195. The molecule has 44 heavy (non-hydrogen) atoms. The number of piperidine rings is 1. The van der Waals surface area contributed by atoms with Crippen LogP contribution in [0.25, 0.3) is 0 Å². The number of hydrogen-bond donors (Lipinski definition) is 1. The second-order valence-electron chi connectivity index (χ2n) is 10.6. The molecule has 0 aromatic heterocycles. The molecule has 1 unspecified atom stereocenters. The Bertz CT molecular complexity index is 1430. The molecule has 1 saturated heterocycles. The van der Waals surface area contributed by atoms with Gasteiger partial charge in [-0.1, -0.05) is 30.3 Å². The van der Waals surface area contributed by atoms with Crippen LogP contribution in [0.2, 0.25) is 0 Å². The third-order valence-corrected chi connectivity index (χ3v) is 8.16. The number of esters is 2. The number of hydrogen-bond acceptors (Lipinski definition) is 10. The normalized spacial score (nSPS) is 18.2. The van der Waals surface area contributed by atoms with Gasteiger partial charge < -0.3 is 24.4 Å². The molecule has 13 nitrogen and oxygen atoms in total. The zero-order chi connectivity index (χ0) is 31.9. The van der Waals surface area contributed by atoms with Gasteiger partial charge in [0.1, 0.15) is 6.04 Å².